The summed E-state index contributed by atoms with van der Waals surface area (Å²) in [4.78, 5) is 0. The average molecular weight is 226 g/mol. The van der Waals surface area contributed by atoms with Gasteiger partial charge >= 0.3 is 0 Å². The minimum absolute atomic E-state index is 0.117. The van der Waals surface area contributed by atoms with Crippen LogP contribution < -0.4 is 5.32 Å². The molecule has 0 bridgehead atoms. The topological polar surface area (TPSA) is 64.9 Å². The molecule has 92 valence electrons. The van der Waals surface area contributed by atoms with E-state index in [0.717, 1.165) is 18.6 Å². The molecule has 0 amide bonds. The first-order valence-electron chi connectivity index (χ1n) is 6.03. The number of hydrogen-bond acceptors (Lipinski definition) is 4. The highest BCUT2D eigenvalue weighted by Gasteiger charge is 2.63. The summed E-state index contributed by atoms with van der Waals surface area (Å²) in [6.45, 7) is 7.31. The number of nitrogens with zero attached hydrogens (tertiary/aromatic N) is 1. The van der Waals surface area contributed by atoms with Crippen molar-refractivity contribution in [1.82, 2.24) is 5.32 Å². The second-order valence-electron chi connectivity index (χ2n) is 5.97. The summed E-state index contributed by atoms with van der Waals surface area (Å²) in [5.74, 6) is 1.39. The zero-order chi connectivity index (χ0) is 12.0. The van der Waals surface area contributed by atoms with Gasteiger partial charge in [0.1, 0.15) is 0 Å². The second-order valence-corrected chi connectivity index (χ2v) is 5.97. The molecule has 2 fully saturated rings. The summed E-state index contributed by atoms with van der Waals surface area (Å²) < 4.78 is 0. The highest BCUT2D eigenvalue weighted by atomic mass is 16.4. The van der Waals surface area contributed by atoms with Crippen LogP contribution in [-0.4, -0.2) is 34.7 Å². The van der Waals surface area contributed by atoms with E-state index in [-0.39, 0.29) is 12.1 Å². The maximum atomic E-state index is 9.12. The monoisotopic (exact) mass is 226 g/mol. The fourth-order valence-corrected chi connectivity index (χ4v) is 3.32. The lowest BCUT2D eigenvalue weighted by molar-refractivity contribution is 0.258. The molecular formula is C12H22N2O2. The van der Waals surface area contributed by atoms with E-state index < -0.39 is 0 Å². The predicted octanol–water partition coefficient (Wildman–Crippen LogP) is 1.22. The lowest BCUT2D eigenvalue weighted by Gasteiger charge is -2.34. The van der Waals surface area contributed by atoms with Gasteiger partial charge in [0.2, 0.25) is 0 Å². The first-order valence-corrected chi connectivity index (χ1v) is 6.03. The molecule has 16 heavy (non-hydrogen) atoms. The second kappa shape index (κ2) is 3.70. The molecule has 4 nitrogen and oxygen atoms in total. The molecule has 0 spiro atoms. The SMILES string of the molecule is CC1(C)[C@@H]2C/C(=N/O)[C@](C)(NCCO)C[C@@H]21. The van der Waals surface area contributed by atoms with Crippen molar-refractivity contribution >= 4 is 5.71 Å². The molecule has 4 heteroatoms. The number of oxime groups is 1. The summed E-state index contributed by atoms with van der Waals surface area (Å²) in [7, 11) is 0. The molecule has 2 aliphatic carbocycles. The van der Waals surface area contributed by atoms with Crippen molar-refractivity contribution in [2.75, 3.05) is 13.2 Å². The lowest BCUT2D eigenvalue weighted by atomic mass is 9.81. The Labute approximate surface area is 96.7 Å². The number of hydrogen-bond donors (Lipinski definition) is 3. The molecule has 0 saturated heterocycles. The third-order valence-electron chi connectivity index (χ3n) is 4.71. The van der Waals surface area contributed by atoms with Gasteiger partial charge in [0, 0.05) is 6.54 Å². The summed E-state index contributed by atoms with van der Waals surface area (Å²) in [5, 5.41) is 24.8. The Bertz CT molecular complexity index is 314. The van der Waals surface area contributed by atoms with E-state index >= 15 is 0 Å². The van der Waals surface area contributed by atoms with E-state index in [0.29, 0.717) is 23.8 Å². The number of fused-ring (bicyclic) bond motifs is 1. The Morgan fingerprint density at radius 1 is 1.38 bits per heavy atom. The largest absolute Gasteiger partial charge is 0.411 e. The number of nitrogens with one attached hydrogen (secondary N) is 1. The van der Waals surface area contributed by atoms with Gasteiger partial charge in [0.15, 0.2) is 0 Å². The van der Waals surface area contributed by atoms with Crippen molar-refractivity contribution in [2.45, 2.75) is 39.2 Å². The number of β-amino-alcohol motifs (C(OH)–C–C–N with tert-alkyl or cyclic N) is 1. The van der Waals surface area contributed by atoms with Crippen molar-refractivity contribution in [1.29, 1.82) is 0 Å². The molecule has 2 saturated carbocycles. The van der Waals surface area contributed by atoms with Gasteiger partial charge < -0.3 is 15.6 Å². The highest BCUT2D eigenvalue weighted by Crippen LogP contribution is 2.65. The minimum Gasteiger partial charge on any atom is -0.411 e. The zero-order valence-corrected chi connectivity index (χ0v) is 10.3. The number of aliphatic hydroxyl groups excluding tert-OH is 1. The zero-order valence-electron chi connectivity index (χ0n) is 10.3. The van der Waals surface area contributed by atoms with Crippen LogP contribution in [0.2, 0.25) is 0 Å². The molecule has 2 aliphatic rings. The van der Waals surface area contributed by atoms with Gasteiger partial charge in [-0.2, -0.15) is 0 Å². The van der Waals surface area contributed by atoms with E-state index in [9.17, 15) is 0 Å². The van der Waals surface area contributed by atoms with Gasteiger partial charge in [-0.3, -0.25) is 0 Å². The summed E-state index contributed by atoms with van der Waals surface area (Å²) in [6.07, 6.45) is 1.88. The van der Waals surface area contributed by atoms with Crippen LogP contribution in [0.3, 0.4) is 0 Å². The normalized spacial score (nSPS) is 43.1. The van der Waals surface area contributed by atoms with Gasteiger partial charge in [-0.1, -0.05) is 19.0 Å². The van der Waals surface area contributed by atoms with Crippen LogP contribution in [0.1, 0.15) is 33.6 Å². The number of rotatable bonds is 3. The van der Waals surface area contributed by atoms with E-state index in [1.165, 1.54) is 0 Å². The third-order valence-corrected chi connectivity index (χ3v) is 4.71. The van der Waals surface area contributed by atoms with Gasteiger partial charge in [-0.15, -0.1) is 0 Å². The number of aliphatic hydroxyl groups is 1. The standard InChI is InChI=1S/C12H22N2O2/c1-11(2)8-6-10(14-16)12(3,7-9(8)11)13-4-5-15/h8-9,13,15-16H,4-7H2,1-3H3/b14-10-/t8-,9+,12-/m1/s1. The Morgan fingerprint density at radius 2 is 2.06 bits per heavy atom. The van der Waals surface area contributed by atoms with Crippen LogP contribution in [0.5, 0.6) is 0 Å². The van der Waals surface area contributed by atoms with E-state index in [2.05, 4.69) is 31.2 Å². The minimum atomic E-state index is -0.244. The summed E-state index contributed by atoms with van der Waals surface area (Å²) in [6, 6.07) is 0. The van der Waals surface area contributed by atoms with Crippen molar-refractivity contribution in [2.24, 2.45) is 22.4 Å². The fraction of sp³-hybridized carbons (Fsp3) is 0.917. The van der Waals surface area contributed by atoms with Crippen LogP contribution in [0.15, 0.2) is 5.16 Å². The van der Waals surface area contributed by atoms with Crippen LogP contribution in [0.25, 0.3) is 0 Å². The molecule has 0 aromatic heterocycles. The Morgan fingerprint density at radius 3 is 2.62 bits per heavy atom. The van der Waals surface area contributed by atoms with Crippen LogP contribution >= 0.6 is 0 Å². The first kappa shape index (κ1) is 11.9. The third kappa shape index (κ3) is 1.64. The molecule has 0 aromatic carbocycles. The van der Waals surface area contributed by atoms with Gasteiger partial charge in [-0.25, -0.2) is 0 Å². The smallest absolute Gasteiger partial charge is 0.0771 e. The quantitative estimate of drug-likeness (QED) is 0.501. The van der Waals surface area contributed by atoms with E-state index in [1.54, 1.807) is 0 Å². The summed E-state index contributed by atoms with van der Waals surface area (Å²) in [5.41, 5.74) is 0.980. The van der Waals surface area contributed by atoms with Crippen LogP contribution in [-0.2, 0) is 0 Å². The average Bonchev–Trinajstić information content (AvgIpc) is 2.76. The van der Waals surface area contributed by atoms with Gasteiger partial charge in [0.05, 0.1) is 17.9 Å². The van der Waals surface area contributed by atoms with E-state index in [1.807, 2.05) is 0 Å². The Balaban J connectivity index is 2.13. The molecule has 0 aromatic rings. The highest BCUT2D eigenvalue weighted by molar-refractivity contribution is 5.94. The van der Waals surface area contributed by atoms with Crippen molar-refractivity contribution < 1.29 is 10.3 Å². The first-order chi connectivity index (χ1) is 7.45. The van der Waals surface area contributed by atoms with Crippen molar-refractivity contribution in [3.8, 4) is 0 Å². The van der Waals surface area contributed by atoms with Gasteiger partial charge in [0.25, 0.3) is 0 Å². The van der Waals surface area contributed by atoms with Gasteiger partial charge in [-0.05, 0) is 37.0 Å². The molecule has 0 aliphatic heterocycles. The molecule has 0 unspecified atom stereocenters. The van der Waals surface area contributed by atoms with Crippen molar-refractivity contribution in [3.05, 3.63) is 0 Å². The summed E-state index contributed by atoms with van der Waals surface area (Å²) >= 11 is 0. The van der Waals surface area contributed by atoms with E-state index in [4.69, 9.17) is 10.3 Å². The maximum Gasteiger partial charge on any atom is 0.0771 e. The van der Waals surface area contributed by atoms with Crippen molar-refractivity contribution in [3.63, 3.8) is 0 Å². The van der Waals surface area contributed by atoms with Crippen LogP contribution in [0, 0.1) is 17.3 Å². The molecular weight excluding hydrogens is 204 g/mol. The molecule has 0 radical (unpaired) electrons. The fourth-order valence-electron chi connectivity index (χ4n) is 3.32. The molecule has 0 heterocycles. The molecule has 2 rings (SSSR count). The Hall–Kier alpha value is -0.610. The molecule has 3 atom stereocenters. The Kier molecular flexibility index (Phi) is 2.75. The predicted molar refractivity (Wildman–Crippen MR) is 62.7 cm³/mol. The lowest BCUT2D eigenvalue weighted by Crippen LogP contribution is -2.52. The molecule has 3 N–H and O–H groups in total. The maximum absolute atomic E-state index is 9.12. The van der Waals surface area contributed by atoms with Crippen LogP contribution in [0.4, 0.5) is 0 Å².